The molecule has 0 unspecified atom stereocenters. The first-order valence-corrected chi connectivity index (χ1v) is 5.95. The monoisotopic (exact) mass is 211 g/mol. The van der Waals surface area contributed by atoms with Gasteiger partial charge in [-0.25, -0.2) is 0 Å². The summed E-state index contributed by atoms with van der Waals surface area (Å²) in [6, 6.07) is 12.7. The van der Waals surface area contributed by atoms with Gasteiger partial charge in [0.1, 0.15) is 0 Å². The molecule has 72 valence electrons. The van der Waals surface area contributed by atoms with Crippen LogP contribution in [-0.2, 0) is 0 Å². The van der Waals surface area contributed by atoms with E-state index >= 15 is 0 Å². The van der Waals surface area contributed by atoms with Crippen molar-refractivity contribution in [3.8, 4) is 11.1 Å². The van der Waals surface area contributed by atoms with Gasteiger partial charge in [-0.05, 0) is 35.4 Å². The molecule has 0 bridgehead atoms. The number of aromatic nitrogens is 1. The van der Waals surface area contributed by atoms with Gasteiger partial charge in [-0.15, -0.1) is 0 Å². The summed E-state index contributed by atoms with van der Waals surface area (Å²) in [6.07, 6.45) is 2.08. The van der Waals surface area contributed by atoms with Crippen LogP contribution in [0, 0.1) is 0 Å². The lowest BCUT2D eigenvalue weighted by Gasteiger charge is -1.97. The van der Waals surface area contributed by atoms with Crippen LogP contribution >= 0.6 is 8.19 Å². The van der Waals surface area contributed by atoms with E-state index in [1.165, 1.54) is 30.2 Å². The van der Waals surface area contributed by atoms with Gasteiger partial charge in [0.2, 0.25) is 0 Å². The van der Waals surface area contributed by atoms with Crippen molar-refractivity contribution in [1.82, 2.24) is 4.98 Å². The fraction of sp³-hybridized carbons (Fsp3) is 0. The Hall–Kier alpha value is -1.59. The highest BCUT2D eigenvalue weighted by Crippen LogP contribution is 2.28. The molecule has 3 rings (SSSR count). The first-order valence-electron chi connectivity index (χ1n) is 4.92. The van der Waals surface area contributed by atoms with Gasteiger partial charge < -0.3 is 4.98 Å². The molecule has 1 N–H and O–H groups in total. The second-order valence-electron chi connectivity index (χ2n) is 3.48. The Morgan fingerprint density at radius 3 is 2.60 bits per heavy atom. The van der Waals surface area contributed by atoms with Gasteiger partial charge in [0.25, 0.3) is 0 Å². The van der Waals surface area contributed by atoms with Crippen molar-refractivity contribution in [2.24, 2.45) is 0 Å². The predicted molar refractivity (Wildman–Crippen MR) is 66.2 cm³/mol. The Kier molecular flexibility index (Phi) is 2.04. The molecule has 1 nitrogen and oxygen atoms in total. The molecule has 0 amide bonds. The second-order valence-corrected chi connectivity index (χ2v) is 4.38. The largest absolute Gasteiger partial charge is 0.361 e. The van der Waals surface area contributed by atoms with Gasteiger partial charge in [0.15, 0.2) is 0 Å². The van der Waals surface area contributed by atoms with Crippen LogP contribution in [0.3, 0.4) is 0 Å². The normalized spacial score (nSPS) is 10.7. The third-order valence-electron chi connectivity index (χ3n) is 2.58. The van der Waals surface area contributed by atoms with Crippen LogP contribution in [0.15, 0.2) is 54.2 Å². The molecule has 0 aliphatic heterocycles. The van der Waals surface area contributed by atoms with Crippen LogP contribution in [0.5, 0.6) is 0 Å². The number of fused-ring (bicyclic) bond motifs is 1. The van der Waals surface area contributed by atoms with Crippen molar-refractivity contribution in [2.45, 2.75) is 0 Å². The van der Waals surface area contributed by atoms with Crippen molar-refractivity contribution < 1.29 is 0 Å². The average Bonchev–Trinajstić information content (AvgIpc) is 2.74. The van der Waals surface area contributed by atoms with Crippen molar-refractivity contribution in [2.75, 3.05) is 0 Å². The standard InChI is InChI=1S/C13H10NP/c1-2-4-13-11(3-1)12(9-14-13)10-5-7-15-8-6-10/h1-9,14H. The van der Waals surface area contributed by atoms with Crippen LogP contribution in [0.4, 0.5) is 0 Å². The Balaban J connectivity index is 2.28. The van der Waals surface area contributed by atoms with Gasteiger partial charge in [0.05, 0.1) is 0 Å². The second kappa shape index (κ2) is 3.52. The molecule has 0 radical (unpaired) electrons. The van der Waals surface area contributed by atoms with Crippen molar-refractivity contribution >= 4 is 19.1 Å². The molecule has 1 aromatic carbocycles. The molecule has 2 aromatic heterocycles. The smallest absolute Gasteiger partial charge is 0.0460 e. The molecule has 0 aliphatic carbocycles. The Labute approximate surface area is 89.9 Å². The van der Waals surface area contributed by atoms with Crippen LogP contribution in [0.1, 0.15) is 0 Å². The third-order valence-corrected chi connectivity index (χ3v) is 3.22. The summed E-state index contributed by atoms with van der Waals surface area (Å²) in [4.78, 5) is 3.29. The topological polar surface area (TPSA) is 15.8 Å². The van der Waals surface area contributed by atoms with Crippen molar-refractivity contribution in [1.29, 1.82) is 0 Å². The molecule has 2 heteroatoms. The zero-order valence-electron chi connectivity index (χ0n) is 8.14. The molecule has 0 atom stereocenters. The number of aromatic amines is 1. The Bertz CT molecular complexity index is 584. The summed E-state index contributed by atoms with van der Waals surface area (Å²) in [6.45, 7) is 0. The fourth-order valence-electron chi connectivity index (χ4n) is 1.84. The van der Waals surface area contributed by atoms with Gasteiger partial charge in [-0.1, -0.05) is 26.4 Å². The maximum atomic E-state index is 3.29. The van der Waals surface area contributed by atoms with Crippen molar-refractivity contribution in [3.05, 3.63) is 54.2 Å². The van der Waals surface area contributed by atoms with Gasteiger partial charge >= 0.3 is 0 Å². The summed E-state index contributed by atoms with van der Waals surface area (Å²) >= 11 is 0. The number of para-hydroxylation sites is 1. The molecule has 0 aliphatic rings. The Morgan fingerprint density at radius 1 is 0.933 bits per heavy atom. The van der Waals surface area contributed by atoms with E-state index in [9.17, 15) is 0 Å². The highest BCUT2D eigenvalue weighted by Gasteiger charge is 2.03. The molecule has 2 heterocycles. The van der Waals surface area contributed by atoms with E-state index in [0.717, 1.165) is 0 Å². The van der Waals surface area contributed by atoms with E-state index < -0.39 is 0 Å². The van der Waals surface area contributed by atoms with Crippen LogP contribution in [-0.4, -0.2) is 4.98 Å². The first kappa shape index (κ1) is 8.70. The van der Waals surface area contributed by atoms with Gasteiger partial charge in [0, 0.05) is 22.7 Å². The minimum absolute atomic E-state index is 1.20. The highest BCUT2D eigenvalue weighted by atomic mass is 31.0. The fourth-order valence-corrected chi connectivity index (χ4v) is 2.43. The number of nitrogens with one attached hydrogen (secondary N) is 1. The summed E-state index contributed by atoms with van der Waals surface area (Å²) in [7, 11) is 1.27. The maximum absolute atomic E-state index is 3.29. The Morgan fingerprint density at radius 2 is 1.73 bits per heavy atom. The zero-order chi connectivity index (χ0) is 10.1. The molecule has 0 spiro atoms. The molecule has 0 fully saturated rings. The molecule has 0 saturated carbocycles. The lowest BCUT2D eigenvalue weighted by atomic mass is 10.1. The predicted octanol–water partition coefficient (Wildman–Crippen LogP) is 4.42. The van der Waals surface area contributed by atoms with Crippen molar-refractivity contribution in [3.63, 3.8) is 0 Å². The zero-order valence-corrected chi connectivity index (χ0v) is 9.04. The third kappa shape index (κ3) is 1.45. The first-order chi connectivity index (χ1) is 7.45. The summed E-state index contributed by atoms with van der Waals surface area (Å²) in [5.41, 5.74) is 3.77. The average molecular weight is 211 g/mol. The van der Waals surface area contributed by atoms with Crippen LogP contribution < -0.4 is 0 Å². The summed E-state index contributed by atoms with van der Waals surface area (Å²) in [5.74, 6) is 4.33. The SMILES string of the molecule is c1ccc2c(-c3ccpcc3)c[nH]c2c1. The van der Waals surface area contributed by atoms with E-state index in [1.54, 1.807) is 0 Å². The number of H-pyrrole nitrogens is 1. The molecular formula is C13H10NP. The van der Waals surface area contributed by atoms with E-state index in [1.807, 2.05) is 0 Å². The van der Waals surface area contributed by atoms with E-state index in [4.69, 9.17) is 0 Å². The molecular weight excluding hydrogens is 201 g/mol. The molecule has 0 saturated heterocycles. The lowest BCUT2D eigenvalue weighted by Crippen LogP contribution is -1.71. The minimum Gasteiger partial charge on any atom is -0.361 e. The van der Waals surface area contributed by atoms with E-state index in [2.05, 4.69) is 59.2 Å². The number of benzene rings is 1. The summed E-state index contributed by atoms with van der Waals surface area (Å²) in [5, 5.41) is 1.29. The number of hydrogen-bond donors (Lipinski definition) is 1. The van der Waals surface area contributed by atoms with Crippen LogP contribution in [0.25, 0.3) is 22.0 Å². The van der Waals surface area contributed by atoms with Gasteiger partial charge in [-0.2, -0.15) is 0 Å². The van der Waals surface area contributed by atoms with E-state index in [0.29, 0.717) is 0 Å². The minimum atomic E-state index is 1.20. The highest BCUT2D eigenvalue weighted by molar-refractivity contribution is 7.28. The lowest BCUT2D eigenvalue weighted by molar-refractivity contribution is 1.47. The number of hydrogen-bond acceptors (Lipinski definition) is 0. The summed E-state index contributed by atoms with van der Waals surface area (Å²) < 4.78 is 0. The molecule has 15 heavy (non-hydrogen) atoms. The molecule has 3 aromatic rings. The van der Waals surface area contributed by atoms with Crippen LogP contribution in [0.2, 0.25) is 0 Å². The van der Waals surface area contributed by atoms with E-state index in [-0.39, 0.29) is 0 Å². The quantitative estimate of drug-likeness (QED) is 0.613. The maximum Gasteiger partial charge on any atom is 0.0460 e. The number of rotatable bonds is 1. The van der Waals surface area contributed by atoms with Gasteiger partial charge in [-0.3, -0.25) is 0 Å².